The number of imidazole rings is 1. The highest BCUT2D eigenvalue weighted by Crippen LogP contribution is 2.46. The molecule has 1 aliphatic heterocycles. The van der Waals surface area contributed by atoms with Gasteiger partial charge in [0.2, 0.25) is 0 Å². The maximum atomic E-state index is 14.2. The number of halogens is 3. The lowest BCUT2D eigenvalue weighted by Crippen LogP contribution is -2.37. The Kier molecular flexibility index (Phi) is 9.88. The number of aromatic nitrogens is 6. The summed E-state index contributed by atoms with van der Waals surface area (Å²) < 4.78 is 53.9. The fraction of sp³-hybridized carbons (Fsp3) is 0.568. The lowest BCUT2D eigenvalue weighted by atomic mass is 9.86. The molecule has 3 fully saturated rings. The molecule has 5 heterocycles. The molecule has 2 saturated carbocycles. The van der Waals surface area contributed by atoms with Crippen LogP contribution in [0.1, 0.15) is 82.4 Å². The fourth-order valence-corrected chi connectivity index (χ4v) is 7.66. The Morgan fingerprint density at radius 1 is 0.980 bits per heavy atom. The molecule has 0 aromatic carbocycles. The highest BCUT2D eigenvalue weighted by Gasteiger charge is 2.40. The van der Waals surface area contributed by atoms with Crippen LogP contribution < -0.4 is 9.80 Å². The topological polar surface area (TPSA) is 122 Å². The number of ether oxygens (including phenoxy) is 2. The van der Waals surface area contributed by atoms with Gasteiger partial charge in [-0.1, -0.05) is 12.8 Å². The van der Waals surface area contributed by atoms with Crippen LogP contribution in [0.25, 0.3) is 33.9 Å². The van der Waals surface area contributed by atoms with E-state index in [-0.39, 0.29) is 34.5 Å². The molecular formula is C37H45F3N8O3. The van der Waals surface area contributed by atoms with E-state index in [4.69, 9.17) is 19.4 Å². The fourth-order valence-electron chi connectivity index (χ4n) is 7.66. The smallest absolute Gasteiger partial charge is 0.418 e. The molecule has 2 aliphatic carbocycles. The van der Waals surface area contributed by atoms with Crippen molar-refractivity contribution < 1.29 is 27.4 Å². The van der Waals surface area contributed by atoms with Crippen molar-refractivity contribution in [3.63, 3.8) is 0 Å². The van der Waals surface area contributed by atoms with Crippen molar-refractivity contribution in [2.45, 2.75) is 77.3 Å². The average molecular weight is 707 g/mol. The maximum absolute atomic E-state index is 14.2. The number of carbonyl (C=O) groups excluding carboxylic acids is 1. The summed E-state index contributed by atoms with van der Waals surface area (Å²) in [5.41, 5.74) is 2.31. The van der Waals surface area contributed by atoms with E-state index in [1.165, 1.54) is 12.3 Å². The van der Waals surface area contributed by atoms with Crippen LogP contribution in [0.3, 0.4) is 0 Å². The van der Waals surface area contributed by atoms with Crippen LogP contribution in [0.2, 0.25) is 0 Å². The van der Waals surface area contributed by atoms with E-state index < -0.39 is 11.7 Å². The van der Waals surface area contributed by atoms with Crippen molar-refractivity contribution in [1.82, 2.24) is 29.9 Å². The third-order valence-electron chi connectivity index (χ3n) is 10.5. The number of nitrogens with one attached hydrogen (secondary N) is 1. The quantitative estimate of drug-likeness (QED) is 0.152. The van der Waals surface area contributed by atoms with Crippen molar-refractivity contribution in [3.05, 3.63) is 42.0 Å². The first-order valence-corrected chi connectivity index (χ1v) is 18.1. The van der Waals surface area contributed by atoms with Crippen molar-refractivity contribution in [3.8, 4) is 22.8 Å². The largest absolute Gasteiger partial charge is 0.466 e. The Balaban J connectivity index is 1.22. The standard InChI is InChI=1S/C37H45F3N8O3/c1-4-50-22-36(12-6-7-13-36)21-47(3)29-17-27(25-16-26(37(38,39)40)31(43-18-25)23-8-9-23)44-34-32(29)45-33(46-34)28-19-42-30(20-41-28)48-14-10-24(11-15-48)35(49)51-5-2/h16-20,23-24H,4-15,21-22H2,1-3H3,(H,44,45,46). The highest BCUT2D eigenvalue weighted by atomic mass is 19.4. The van der Waals surface area contributed by atoms with Gasteiger partial charge in [-0.2, -0.15) is 13.2 Å². The zero-order chi connectivity index (χ0) is 35.8. The predicted octanol–water partition coefficient (Wildman–Crippen LogP) is 7.19. The summed E-state index contributed by atoms with van der Waals surface area (Å²) in [6.45, 7) is 7.51. The molecular weight excluding hydrogens is 661 g/mol. The summed E-state index contributed by atoms with van der Waals surface area (Å²) in [6.07, 6.45) is 7.46. The Hall–Kier alpha value is -4.33. The van der Waals surface area contributed by atoms with Gasteiger partial charge in [-0.05, 0) is 64.5 Å². The van der Waals surface area contributed by atoms with Crippen molar-refractivity contribution >= 4 is 28.6 Å². The molecule has 3 aliphatic rings. The third kappa shape index (κ3) is 7.51. The predicted molar refractivity (Wildman–Crippen MR) is 187 cm³/mol. The summed E-state index contributed by atoms with van der Waals surface area (Å²) in [5.74, 6) is 0.747. The number of anilines is 2. The van der Waals surface area contributed by atoms with Crippen molar-refractivity contribution in [2.75, 3.05) is 56.3 Å². The number of alkyl halides is 3. The number of pyridine rings is 2. The number of carbonyl (C=O) groups is 1. The summed E-state index contributed by atoms with van der Waals surface area (Å²) >= 11 is 0. The van der Waals surface area contributed by atoms with E-state index in [0.29, 0.717) is 99.3 Å². The van der Waals surface area contributed by atoms with Gasteiger partial charge in [-0.15, -0.1) is 0 Å². The molecule has 51 heavy (non-hydrogen) atoms. The second kappa shape index (κ2) is 14.4. The minimum Gasteiger partial charge on any atom is -0.466 e. The number of H-pyrrole nitrogens is 1. The maximum Gasteiger partial charge on any atom is 0.418 e. The minimum atomic E-state index is -4.53. The molecule has 1 N–H and O–H groups in total. The second-order valence-corrected chi connectivity index (χ2v) is 14.2. The molecule has 7 rings (SSSR count). The molecule has 0 amide bonds. The first kappa shape index (κ1) is 35.1. The first-order chi connectivity index (χ1) is 24.6. The lowest BCUT2D eigenvalue weighted by molar-refractivity contribution is -0.148. The van der Waals surface area contributed by atoms with Gasteiger partial charge in [0.15, 0.2) is 11.5 Å². The number of hydrogen-bond acceptors (Lipinski definition) is 10. The van der Waals surface area contributed by atoms with Gasteiger partial charge >= 0.3 is 12.1 Å². The van der Waals surface area contributed by atoms with E-state index in [1.807, 2.05) is 27.0 Å². The number of hydrogen-bond donors (Lipinski definition) is 1. The zero-order valence-corrected chi connectivity index (χ0v) is 29.4. The number of piperidine rings is 1. The molecule has 14 heteroatoms. The van der Waals surface area contributed by atoms with Crippen molar-refractivity contribution in [2.24, 2.45) is 11.3 Å². The number of nitrogens with zero attached hydrogens (tertiary/aromatic N) is 7. The van der Waals surface area contributed by atoms with E-state index in [0.717, 1.165) is 31.4 Å². The van der Waals surface area contributed by atoms with Gasteiger partial charge in [-0.3, -0.25) is 9.78 Å². The average Bonchev–Trinajstić information content (AvgIpc) is 3.73. The van der Waals surface area contributed by atoms with Crippen LogP contribution in [0, 0.1) is 11.3 Å². The Morgan fingerprint density at radius 3 is 2.39 bits per heavy atom. The molecule has 0 atom stereocenters. The van der Waals surface area contributed by atoms with Gasteiger partial charge in [-0.25, -0.2) is 19.9 Å². The SMILES string of the molecule is CCOCC1(CN(C)c2cc(-c3cnc(C4CC4)c(C(F)(F)F)c3)nc3nc(-c4cnc(N5CCC(C(=O)OCC)CC5)cn4)[nH]c23)CCCC1. The van der Waals surface area contributed by atoms with Gasteiger partial charge in [0.1, 0.15) is 17.0 Å². The summed E-state index contributed by atoms with van der Waals surface area (Å²) in [5, 5.41) is 0. The number of fused-ring (bicyclic) bond motifs is 1. The Morgan fingerprint density at radius 2 is 1.75 bits per heavy atom. The lowest BCUT2D eigenvalue weighted by Gasteiger charge is -2.34. The highest BCUT2D eigenvalue weighted by molar-refractivity contribution is 5.91. The first-order valence-electron chi connectivity index (χ1n) is 18.1. The summed E-state index contributed by atoms with van der Waals surface area (Å²) in [4.78, 5) is 43.1. The van der Waals surface area contributed by atoms with Crippen LogP contribution >= 0.6 is 0 Å². The minimum absolute atomic E-state index is 0.0353. The molecule has 4 aromatic rings. The Bertz CT molecular complexity index is 1850. The molecule has 0 bridgehead atoms. The molecule has 0 spiro atoms. The van der Waals surface area contributed by atoms with Crippen molar-refractivity contribution in [1.29, 1.82) is 0 Å². The molecule has 1 saturated heterocycles. The van der Waals surface area contributed by atoms with Crippen LogP contribution in [0.5, 0.6) is 0 Å². The molecule has 0 unspecified atom stereocenters. The molecule has 272 valence electrons. The number of rotatable bonds is 12. The number of esters is 1. The normalized spacial score (nSPS) is 18.0. The van der Waals surface area contributed by atoms with E-state index in [2.05, 4.69) is 29.7 Å². The molecule has 0 radical (unpaired) electrons. The van der Waals surface area contributed by atoms with Gasteiger partial charge < -0.3 is 24.3 Å². The third-order valence-corrected chi connectivity index (χ3v) is 10.5. The van der Waals surface area contributed by atoms with Crippen LogP contribution in [-0.2, 0) is 20.4 Å². The van der Waals surface area contributed by atoms with Crippen LogP contribution in [0.4, 0.5) is 24.7 Å². The van der Waals surface area contributed by atoms with E-state index in [1.54, 1.807) is 12.4 Å². The van der Waals surface area contributed by atoms with Crippen LogP contribution in [-0.4, -0.2) is 82.4 Å². The zero-order valence-electron chi connectivity index (χ0n) is 29.4. The molecule has 11 nitrogen and oxygen atoms in total. The number of aromatic amines is 1. The van der Waals surface area contributed by atoms with E-state index in [9.17, 15) is 18.0 Å². The monoisotopic (exact) mass is 706 g/mol. The summed E-state index contributed by atoms with van der Waals surface area (Å²) in [6, 6.07) is 3.01. The molecule has 4 aromatic heterocycles. The Labute approximate surface area is 295 Å². The summed E-state index contributed by atoms with van der Waals surface area (Å²) in [7, 11) is 2.00. The van der Waals surface area contributed by atoms with Crippen LogP contribution in [0.15, 0.2) is 30.7 Å². The van der Waals surface area contributed by atoms with Gasteiger partial charge in [0.05, 0.1) is 54.2 Å². The van der Waals surface area contributed by atoms with Gasteiger partial charge in [0, 0.05) is 56.4 Å². The van der Waals surface area contributed by atoms with E-state index >= 15 is 0 Å². The van der Waals surface area contributed by atoms with Gasteiger partial charge in [0.25, 0.3) is 0 Å². The second-order valence-electron chi connectivity index (χ2n) is 14.2.